The van der Waals surface area contributed by atoms with Crippen LogP contribution in [0.5, 0.6) is 17.2 Å². The standard InChI is InChI=1S/C25H26BrNO7S/c1-14(2)17-6-5-15(3)9-19(17)33-8-7-27-24(30)21(35-25(27)31)12-16-10-18(26)23(20(11-16)32-4)34-13-22(28)29/h5-6,9-12,14H,7-8,13H2,1-4H3,(H,28,29)/b21-12-. The molecular formula is C25H26BrNO7S. The molecule has 1 N–H and O–H groups in total. The third kappa shape index (κ3) is 6.58. The van der Waals surface area contributed by atoms with Crippen LogP contribution in [-0.2, 0) is 9.59 Å². The summed E-state index contributed by atoms with van der Waals surface area (Å²) in [5.74, 6) is 0.0298. The van der Waals surface area contributed by atoms with Crippen molar-refractivity contribution in [3.05, 3.63) is 56.4 Å². The van der Waals surface area contributed by atoms with E-state index in [4.69, 9.17) is 19.3 Å². The number of imide groups is 1. The SMILES string of the molecule is COc1cc(/C=C2\SC(=O)N(CCOc3cc(C)ccc3C(C)C)C2=O)cc(Br)c1OCC(=O)O. The van der Waals surface area contributed by atoms with E-state index in [1.807, 2.05) is 25.1 Å². The van der Waals surface area contributed by atoms with E-state index in [2.05, 4.69) is 29.8 Å². The summed E-state index contributed by atoms with van der Waals surface area (Å²) in [4.78, 5) is 37.7. The molecule has 0 spiro atoms. The largest absolute Gasteiger partial charge is 0.493 e. The van der Waals surface area contributed by atoms with Gasteiger partial charge in [0.1, 0.15) is 12.4 Å². The minimum Gasteiger partial charge on any atom is -0.493 e. The number of thioether (sulfide) groups is 1. The molecule has 1 aliphatic rings. The molecule has 3 rings (SSSR count). The fourth-order valence-corrected chi connectivity index (χ4v) is 4.87. The number of aliphatic carboxylic acids is 1. The van der Waals surface area contributed by atoms with Crippen LogP contribution in [0, 0.1) is 6.92 Å². The lowest BCUT2D eigenvalue weighted by Gasteiger charge is -2.17. The van der Waals surface area contributed by atoms with Crippen LogP contribution in [0.15, 0.2) is 39.7 Å². The number of benzene rings is 2. The maximum Gasteiger partial charge on any atom is 0.341 e. The Morgan fingerprint density at radius 2 is 1.91 bits per heavy atom. The number of halogens is 1. The van der Waals surface area contributed by atoms with E-state index in [1.54, 1.807) is 18.2 Å². The number of ether oxygens (including phenoxy) is 3. The van der Waals surface area contributed by atoms with Gasteiger partial charge in [0.15, 0.2) is 18.1 Å². The van der Waals surface area contributed by atoms with Crippen LogP contribution in [-0.4, -0.2) is 54.0 Å². The van der Waals surface area contributed by atoms with E-state index >= 15 is 0 Å². The predicted octanol–water partition coefficient (Wildman–Crippen LogP) is 5.47. The highest BCUT2D eigenvalue weighted by Crippen LogP contribution is 2.39. The molecule has 186 valence electrons. The molecule has 0 unspecified atom stereocenters. The predicted molar refractivity (Wildman–Crippen MR) is 137 cm³/mol. The molecule has 2 aromatic rings. The molecule has 0 atom stereocenters. The molecule has 2 aromatic carbocycles. The van der Waals surface area contributed by atoms with Crippen LogP contribution < -0.4 is 14.2 Å². The number of nitrogens with zero attached hydrogens (tertiary/aromatic N) is 1. The minimum atomic E-state index is -1.12. The molecule has 0 saturated carbocycles. The highest BCUT2D eigenvalue weighted by Gasteiger charge is 2.35. The van der Waals surface area contributed by atoms with Crippen LogP contribution >= 0.6 is 27.7 Å². The first kappa shape index (κ1) is 26.6. The van der Waals surface area contributed by atoms with Crippen LogP contribution in [0.2, 0.25) is 0 Å². The molecule has 0 aliphatic carbocycles. The topological polar surface area (TPSA) is 102 Å². The second kappa shape index (κ2) is 11.6. The number of carbonyl (C=O) groups excluding carboxylic acids is 2. The van der Waals surface area contributed by atoms with Crippen molar-refractivity contribution < 1.29 is 33.7 Å². The number of amides is 2. The minimum absolute atomic E-state index is 0.127. The van der Waals surface area contributed by atoms with Gasteiger partial charge in [-0.2, -0.15) is 0 Å². The molecule has 0 bridgehead atoms. The average molecular weight is 564 g/mol. The summed E-state index contributed by atoms with van der Waals surface area (Å²) in [6.07, 6.45) is 1.58. The zero-order valence-electron chi connectivity index (χ0n) is 19.8. The van der Waals surface area contributed by atoms with E-state index in [-0.39, 0.29) is 35.0 Å². The Hall–Kier alpha value is -2.98. The number of aryl methyl sites for hydroxylation is 1. The summed E-state index contributed by atoms with van der Waals surface area (Å²) in [5, 5.41) is 8.48. The Bertz CT molecular complexity index is 1180. The molecule has 1 saturated heterocycles. The van der Waals surface area contributed by atoms with Crippen molar-refractivity contribution in [3.8, 4) is 17.2 Å². The van der Waals surface area contributed by atoms with Gasteiger partial charge < -0.3 is 19.3 Å². The quantitative estimate of drug-likeness (QED) is 0.379. The number of carboxylic acid groups (broad SMARTS) is 1. The van der Waals surface area contributed by atoms with Gasteiger partial charge in [-0.3, -0.25) is 14.5 Å². The van der Waals surface area contributed by atoms with Gasteiger partial charge in [0.2, 0.25) is 0 Å². The molecule has 1 heterocycles. The first-order chi connectivity index (χ1) is 16.6. The molecule has 1 aliphatic heterocycles. The van der Waals surface area contributed by atoms with Gasteiger partial charge in [-0.25, -0.2) is 4.79 Å². The Morgan fingerprint density at radius 1 is 1.17 bits per heavy atom. The normalized spacial score (nSPS) is 14.7. The van der Waals surface area contributed by atoms with Gasteiger partial charge in [0.25, 0.3) is 11.1 Å². The van der Waals surface area contributed by atoms with E-state index in [9.17, 15) is 14.4 Å². The summed E-state index contributed by atoms with van der Waals surface area (Å²) in [5.41, 5.74) is 2.72. The zero-order chi connectivity index (χ0) is 25.7. The van der Waals surface area contributed by atoms with Gasteiger partial charge in [-0.15, -0.1) is 0 Å². The van der Waals surface area contributed by atoms with E-state index < -0.39 is 18.5 Å². The number of carbonyl (C=O) groups is 3. The molecule has 10 heteroatoms. The van der Waals surface area contributed by atoms with Gasteiger partial charge in [0, 0.05) is 0 Å². The van der Waals surface area contributed by atoms with Crippen molar-refractivity contribution in [2.24, 2.45) is 0 Å². The van der Waals surface area contributed by atoms with Crippen LogP contribution in [0.4, 0.5) is 4.79 Å². The lowest BCUT2D eigenvalue weighted by atomic mass is 10.0. The molecule has 0 aromatic heterocycles. The number of hydrogen-bond acceptors (Lipinski definition) is 7. The third-order valence-corrected chi connectivity index (χ3v) is 6.62. The fourth-order valence-electron chi connectivity index (χ4n) is 3.43. The molecule has 2 amide bonds. The van der Waals surface area contributed by atoms with Crippen LogP contribution in [0.3, 0.4) is 0 Å². The van der Waals surface area contributed by atoms with Gasteiger partial charge in [-0.05, 0) is 81.5 Å². The van der Waals surface area contributed by atoms with Crippen molar-refractivity contribution in [2.45, 2.75) is 26.7 Å². The van der Waals surface area contributed by atoms with Crippen LogP contribution in [0.25, 0.3) is 6.08 Å². The highest BCUT2D eigenvalue weighted by atomic mass is 79.9. The lowest BCUT2D eigenvalue weighted by molar-refractivity contribution is -0.139. The van der Waals surface area contributed by atoms with E-state index in [1.165, 1.54) is 7.11 Å². The zero-order valence-corrected chi connectivity index (χ0v) is 22.2. The van der Waals surface area contributed by atoms with E-state index in [0.717, 1.165) is 33.5 Å². The summed E-state index contributed by atoms with van der Waals surface area (Å²) < 4.78 is 17.0. The first-order valence-corrected chi connectivity index (χ1v) is 12.4. The molecule has 1 fully saturated rings. The smallest absolute Gasteiger partial charge is 0.341 e. The highest BCUT2D eigenvalue weighted by molar-refractivity contribution is 9.10. The molecular weight excluding hydrogens is 538 g/mol. The Kier molecular flexibility index (Phi) is 8.85. The van der Waals surface area contributed by atoms with Gasteiger partial charge >= 0.3 is 5.97 Å². The summed E-state index contributed by atoms with van der Waals surface area (Å²) in [6.45, 7) is 5.92. The van der Waals surface area contributed by atoms with Crippen molar-refractivity contribution >= 4 is 50.9 Å². The first-order valence-electron chi connectivity index (χ1n) is 10.8. The third-order valence-electron chi connectivity index (χ3n) is 5.13. The number of hydrogen-bond donors (Lipinski definition) is 1. The number of rotatable bonds is 10. The number of methoxy groups -OCH3 is 1. The molecule has 0 radical (unpaired) electrons. The van der Waals surface area contributed by atoms with Crippen molar-refractivity contribution in [2.75, 3.05) is 26.9 Å². The summed E-state index contributed by atoms with van der Waals surface area (Å²) >= 11 is 4.19. The van der Waals surface area contributed by atoms with Crippen molar-refractivity contribution in [1.29, 1.82) is 0 Å². The monoisotopic (exact) mass is 563 g/mol. The van der Waals surface area contributed by atoms with Crippen LogP contribution in [0.1, 0.15) is 36.5 Å². The summed E-state index contributed by atoms with van der Waals surface area (Å²) in [6, 6.07) is 9.27. The maximum atomic E-state index is 12.9. The van der Waals surface area contributed by atoms with E-state index in [0.29, 0.717) is 15.8 Å². The lowest BCUT2D eigenvalue weighted by Crippen LogP contribution is -2.32. The number of carboxylic acids is 1. The average Bonchev–Trinajstić information content (AvgIpc) is 3.05. The van der Waals surface area contributed by atoms with Gasteiger partial charge in [0.05, 0.1) is 23.0 Å². The fraction of sp³-hybridized carbons (Fsp3) is 0.320. The van der Waals surface area contributed by atoms with Crippen molar-refractivity contribution in [3.63, 3.8) is 0 Å². The second-order valence-corrected chi connectivity index (χ2v) is 9.94. The Balaban J connectivity index is 1.72. The van der Waals surface area contributed by atoms with Gasteiger partial charge in [-0.1, -0.05) is 26.0 Å². The Labute approximate surface area is 216 Å². The molecule has 8 nitrogen and oxygen atoms in total. The van der Waals surface area contributed by atoms with Crippen molar-refractivity contribution in [1.82, 2.24) is 4.90 Å². The second-order valence-electron chi connectivity index (χ2n) is 8.09. The summed E-state index contributed by atoms with van der Waals surface area (Å²) in [7, 11) is 1.42. The molecule has 35 heavy (non-hydrogen) atoms. The Morgan fingerprint density at radius 3 is 2.57 bits per heavy atom. The maximum absolute atomic E-state index is 12.9.